The summed E-state index contributed by atoms with van der Waals surface area (Å²) in [5.41, 5.74) is 5.68. The molecule has 0 bridgehead atoms. The molecule has 190 valence electrons. The second-order valence-corrected chi connectivity index (χ2v) is 11.0. The molecule has 1 saturated heterocycles. The van der Waals surface area contributed by atoms with E-state index < -0.39 is 6.61 Å². The first-order chi connectivity index (χ1) is 18.0. The number of aliphatic hydroxyl groups is 1. The molecule has 0 unspecified atom stereocenters. The molecule has 1 N–H and O–H groups in total. The van der Waals surface area contributed by atoms with Gasteiger partial charge in [-0.1, -0.05) is 53.5 Å². The summed E-state index contributed by atoms with van der Waals surface area (Å²) in [4.78, 5) is 18.9. The Kier molecular flexibility index (Phi) is 6.70. The van der Waals surface area contributed by atoms with Crippen molar-refractivity contribution < 1.29 is 9.90 Å². The third kappa shape index (κ3) is 4.88. The summed E-state index contributed by atoms with van der Waals surface area (Å²) in [5.74, 6) is 1.52. The number of fused-ring (bicyclic) bond motifs is 1. The van der Waals surface area contributed by atoms with E-state index in [0.717, 1.165) is 35.0 Å². The number of aromatic nitrogens is 2. The number of carbonyl (C=O) groups excluding carboxylic acids is 1. The number of likely N-dealkylation sites (tertiary alicyclic amines) is 1. The lowest BCUT2D eigenvalue weighted by Gasteiger charge is -2.33. The van der Waals surface area contributed by atoms with Crippen molar-refractivity contribution in [3.63, 3.8) is 0 Å². The fourth-order valence-electron chi connectivity index (χ4n) is 5.68. The number of carbonyl (C=O) groups is 1. The minimum atomic E-state index is -0.424. The van der Waals surface area contributed by atoms with E-state index in [1.165, 1.54) is 24.2 Å². The largest absolute Gasteiger partial charge is 0.387 e. The monoisotopic (exact) mass is 533 g/mol. The number of imidazole rings is 1. The second kappa shape index (κ2) is 10.1. The number of piperidine rings is 1. The van der Waals surface area contributed by atoms with Crippen LogP contribution in [0.1, 0.15) is 66.1 Å². The normalized spacial score (nSPS) is 16.6. The Morgan fingerprint density at radius 3 is 1.97 bits per heavy atom. The molecule has 0 radical (unpaired) electrons. The molecule has 7 heteroatoms. The maximum Gasteiger partial charge on any atom is 0.248 e. The van der Waals surface area contributed by atoms with Crippen molar-refractivity contribution in [2.24, 2.45) is 0 Å². The predicted molar refractivity (Wildman–Crippen MR) is 147 cm³/mol. The minimum absolute atomic E-state index is 0.0238. The molecule has 4 aromatic rings. The fourth-order valence-corrected chi connectivity index (χ4v) is 5.93. The highest BCUT2D eigenvalue weighted by Gasteiger charge is 2.34. The first-order valence-corrected chi connectivity index (χ1v) is 13.7. The number of hydrogen-bond acceptors (Lipinski definition) is 3. The van der Waals surface area contributed by atoms with E-state index in [9.17, 15) is 9.90 Å². The maximum atomic E-state index is 12.0. The van der Waals surface area contributed by atoms with Gasteiger partial charge in [0.15, 0.2) is 0 Å². The van der Waals surface area contributed by atoms with Crippen molar-refractivity contribution in [2.75, 3.05) is 19.7 Å². The Morgan fingerprint density at radius 1 is 0.865 bits per heavy atom. The minimum Gasteiger partial charge on any atom is -0.387 e. The van der Waals surface area contributed by atoms with Crippen LogP contribution in [0, 0.1) is 0 Å². The first-order valence-electron chi connectivity index (χ1n) is 12.9. The number of hydrogen-bond donors (Lipinski definition) is 1. The van der Waals surface area contributed by atoms with E-state index in [2.05, 4.69) is 47.0 Å². The van der Waals surface area contributed by atoms with Gasteiger partial charge < -0.3 is 14.6 Å². The van der Waals surface area contributed by atoms with Crippen LogP contribution in [0.3, 0.4) is 0 Å². The SMILES string of the molecule is O=C(CO)N1CCC(n2c(C3CC3)nc3ccc(C(c4ccc(Cl)cc4)c4ccc(Cl)cc4)cc32)CC1. The van der Waals surface area contributed by atoms with Crippen LogP contribution in [0.4, 0.5) is 0 Å². The van der Waals surface area contributed by atoms with Gasteiger partial charge in [0.05, 0.1) is 11.0 Å². The standard InChI is InChI=1S/C30H29Cl2N3O2/c31-23-8-3-19(4-9-23)29(20-5-10-24(32)11-6-20)22-7-12-26-27(17-22)35(30(33-26)21-1-2-21)25-13-15-34(16-14-25)28(37)18-36/h3-12,17,21,25,29,36H,1-2,13-16,18H2. The number of amides is 1. The lowest BCUT2D eigenvalue weighted by molar-refractivity contribution is -0.135. The van der Waals surface area contributed by atoms with Crippen LogP contribution in [0.5, 0.6) is 0 Å². The van der Waals surface area contributed by atoms with Gasteiger partial charge in [0.25, 0.3) is 0 Å². The van der Waals surface area contributed by atoms with E-state index in [1.54, 1.807) is 4.90 Å². The van der Waals surface area contributed by atoms with Crippen molar-refractivity contribution in [3.8, 4) is 0 Å². The van der Waals surface area contributed by atoms with Crippen molar-refractivity contribution in [2.45, 2.75) is 43.6 Å². The van der Waals surface area contributed by atoms with Crippen LogP contribution in [-0.2, 0) is 4.79 Å². The van der Waals surface area contributed by atoms with Gasteiger partial charge in [-0.15, -0.1) is 0 Å². The van der Waals surface area contributed by atoms with Gasteiger partial charge in [-0.2, -0.15) is 0 Å². The van der Waals surface area contributed by atoms with E-state index in [0.29, 0.717) is 29.1 Å². The highest BCUT2D eigenvalue weighted by molar-refractivity contribution is 6.30. The molecule has 1 saturated carbocycles. The molecule has 2 heterocycles. The molecule has 0 atom stereocenters. The van der Waals surface area contributed by atoms with Crippen molar-refractivity contribution in [1.29, 1.82) is 0 Å². The van der Waals surface area contributed by atoms with Gasteiger partial charge in [0.1, 0.15) is 12.4 Å². The number of aliphatic hydroxyl groups excluding tert-OH is 1. The highest BCUT2D eigenvalue weighted by Crippen LogP contribution is 2.44. The Labute approximate surface area is 226 Å². The first kappa shape index (κ1) is 24.5. The summed E-state index contributed by atoms with van der Waals surface area (Å²) < 4.78 is 2.46. The summed E-state index contributed by atoms with van der Waals surface area (Å²) in [6.07, 6.45) is 4.07. The van der Waals surface area contributed by atoms with E-state index in [4.69, 9.17) is 28.2 Å². The molecule has 1 amide bonds. The zero-order chi connectivity index (χ0) is 25.5. The fraction of sp³-hybridized carbons (Fsp3) is 0.333. The summed E-state index contributed by atoms with van der Waals surface area (Å²) in [6, 6.07) is 23.0. The molecule has 37 heavy (non-hydrogen) atoms. The lowest BCUT2D eigenvalue weighted by atomic mass is 9.85. The molecular formula is C30H29Cl2N3O2. The van der Waals surface area contributed by atoms with Gasteiger partial charge in [0, 0.05) is 41.0 Å². The number of halogens is 2. The Hall–Kier alpha value is -2.86. The second-order valence-electron chi connectivity index (χ2n) is 10.2. The van der Waals surface area contributed by atoms with Crippen molar-refractivity contribution in [1.82, 2.24) is 14.5 Å². The molecule has 1 aliphatic heterocycles. The molecular weight excluding hydrogens is 505 g/mol. The van der Waals surface area contributed by atoms with Crippen LogP contribution in [0.25, 0.3) is 11.0 Å². The molecule has 0 spiro atoms. The number of nitrogens with zero attached hydrogens (tertiary/aromatic N) is 3. The third-order valence-electron chi connectivity index (χ3n) is 7.74. The lowest BCUT2D eigenvalue weighted by Crippen LogP contribution is -2.40. The summed E-state index contributed by atoms with van der Waals surface area (Å²) in [5, 5.41) is 10.7. The average molecular weight is 534 g/mol. The molecule has 2 fully saturated rings. The Balaban J connectivity index is 1.43. The molecule has 6 rings (SSSR count). The zero-order valence-corrected chi connectivity index (χ0v) is 22.0. The highest BCUT2D eigenvalue weighted by atomic mass is 35.5. The molecule has 1 aromatic heterocycles. The third-order valence-corrected chi connectivity index (χ3v) is 8.24. The molecule has 1 aliphatic carbocycles. The van der Waals surface area contributed by atoms with E-state index in [-0.39, 0.29) is 17.9 Å². The van der Waals surface area contributed by atoms with Crippen LogP contribution >= 0.6 is 23.2 Å². The quantitative estimate of drug-likeness (QED) is 0.285. The van der Waals surface area contributed by atoms with Gasteiger partial charge in [-0.3, -0.25) is 4.79 Å². The molecule has 5 nitrogen and oxygen atoms in total. The van der Waals surface area contributed by atoms with Crippen LogP contribution in [0.15, 0.2) is 66.7 Å². The van der Waals surface area contributed by atoms with Gasteiger partial charge >= 0.3 is 0 Å². The van der Waals surface area contributed by atoms with E-state index in [1.807, 2.05) is 24.3 Å². The summed E-state index contributed by atoms with van der Waals surface area (Å²) in [7, 11) is 0. The van der Waals surface area contributed by atoms with Gasteiger partial charge in [0.2, 0.25) is 5.91 Å². The summed E-state index contributed by atoms with van der Waals surface area (Å²) in [6.45, 7) is 0.892. The number of rotatable bonds is 6. The van der Waals surface area contributed by atoms with Gasteiger partial charge in [-0.05, 0) is 78.8 Å². The van der Waals surface area contributed by atoms with Crippen molar-refractivity contribution in [3.05, 3.63) is 99.3 Å². The van der Waals surface area contributed by atoms with Crippen molar-refractivity contribution >= 4 is 40.1 Å². The van der Waals surface area contributed by atoms with Crippen LogP contribution < -0.4 is 0 Å². The molecule has 3 aromatic carbocycles. The Morgan fingerprint density at radius 2 is 1.43 bits per heavy atom. The number of benzene rings is 3. The van der Waals surface area contributed by atoms with Crippen LogP contribution in [0.2, 0.25) is 10.0 Å². The molecule has 2 aliphatic rings. The topological polar surface area (TPSA) is 58.4 Å². The van der Waals surface area contributed by atoms with E-state index >= 15 is 0 Å². The smallest absolute Gasteiger partial charge is 0.248 e. The van der Waals surface area contributed by atoms with Gasteiger partial charge in [-0.25, -0.2) is 4.98 Å². The maximum absolute atomic E-state index is 12.0. The summed E-state index contributed by atoms with van der Waals surface area (Å²) >= 11 is 12.4. The van der Waals surface area contributed by atoms with Crippen LogP contribution in [-0.4, -0.2) is 45.2 Å². The Bertz CT molecular complexity index is 1370. The average Bonchev–Trinajstić information content (AvgIpc) is 3.71. The zero-order valence-electron chi connectivity index (χ0n) is 20.5. The predicted octanol–water partition coefficient (Wildman–Crippen LogP) is 6.56.